The summed E-state index contributed by atoms with van der Waals surface area (Å²) in [4.78, 5) is 14.6. The van der Waals surface area contributed by atoms with Crippen molar-refractivity contribution in [2.24, 2.45) is 5.92 Å². The molecule has 3 rings (SSSR count). The molecular formula is C16H20ClNO2. The summed E-state index contributed by atoms with van der Waals surface area (Å²) in [5.41, 5.74) is 0.716. The van der Waals surface area contributed by atoms with E-state index >= 15 is 0 Å². The number of hydrogen-bond donors (Lipinski definition) is 0. The minimum Gasteiger partial charge on any atom is -0.376 e. The van der Waals surface area contributed by atoms with Crippen molar-refractivity contribution in [2.45, 2.75) is 31.8 Å². The molecule has 1 aromatic rings. The number of halogens is 1. The average molecular weight is 294 g/mol. The Kier molecular flexibility index (Phi) is 4.27. The van der Waals surface area contributed by atoms with Gasteiger partial charge in [0.1, 0.15) is 0 Å². The Morgan fingerprint density at radius 1 is 1.20 bits per heavy atom. The summed E-state index contributed by atoms with van der Waals surface area (Å²) in [5.74, 6) is 0.789. The Balaban J connectivity index is 1.69. The van der Waals surface area contributed by atoms with Crippen molar-refractivity contribution in [2.75, 3.05) is 19.7 Å². The summed E-state index contributed by atoms with van der Waals surface area (Å²) in [6.07, 6.45) is 4.88. The van der Waals surface area contributed by atoms with Crippen molar-refractivity contribution in [3.63, 3.8) is 0 Å². The zero-order chi connectivity index (χ0) is 13.9. The quantitative estimate of drug-likeness (QED) is 0.833. The largest absolute Gasteiger partial charge is 0.376 e. The van der Waals surface area contributed by atoms with Crippen molar-refractivity contribution < 1.29 is 9.53 Å². The van der Waals surface area contributed by atoms with Gasteiger partial charge < -0.3 is 9.64 Å². The van der Waals surface area contributed by atoms with E-state index in [4.69, 9.17) is 16.3 Å². The molecule has 1 aliphatic heterocycles. The van der Waals surface area contributed by atoms with Crippen LogP contribution in [0.3, 0.4) is 0 Å². The fourth-order valence-electron chi connectivity index (χ4n) is 2.66. The van der Waals surface area contributed by atoms with Crippen LogP contribution in [0.2, 0.25) is 5.02 Å². The third kappa shape index (κ3) is 3.53. The molecule has 1 heterocycles. The van der Waals surface area contributed by atoms with E-state index in [0.29, 0.717) is 16.5 Å². The molecule has 1 aliphatic carbocycles. The Morgan fingerprint density at radius 2 is 1.95 bits per heavy atom. The van der Waals surface area contributed by atoms with Gasteiger partial charge in [-0.1, -0.05) is 11.6 Å². The predicted molar refractivity (Wildman–Crippen MR) is 79.1 cm³/mol. The van der Waals surface area contributed by atoms with Crippen LogP contribution in [0.15, 0.2) is 24.3 Å². The first-order chi connectivity index (χ1) is 9.72. The zero-order valence-electron chi connectivity index (χ0n) is 11.6. The van der Waals surface area contributed by atoms with Crippen LogP contribution in [0.1, 0.15) is 36.0 Å². The molecule has 0 spiro atoms. The molecule has 0 radical (unpaired) electrons. The Labute approximate surface area is 124 Å². The van der Waals surface area contributed by atoms with Gasteiger partial charge in [-0.15, -0.1) is 0 Å². The van der Waals surface area contributed by atoms with E-state index in [-0.39, 0.29) is 12.0 Å². The van der Waals surface area contributed by atoms with E-state index in [1.807, 2.05) is 4.90 Å². The number of benzene rings is 1. The molecule has 1 aromatic carbocycles. The normalized spacial score (nSPS) is 21.9. The van der Waals surface area contributed by atoms with E-state index in [0.717, 1.165) is 32.5 Å². The van der Waals surface area contributed by atoms with Crippen LogP contribution < -0.4 is 0 Å². The summed E-state index contributed by atoms with van der Waals surface area (Å²) >= 11 is 5.88. The Hall–Kier alpha value is -1.06. The summed E-state index contributed by atoms with van der Waals surface area (Å²) in [7, 11) is 0. The number of carbonyl (C=O) groups excluding carboxylic acids is 1. The molecular weight excluding hydrogens is 274 g/mol. The van der Waals surface area contributed by atoms with Crippen LogP contribution in [0.5, 0.6) is 0 Å². The second-order valence-corrected chi connectivity index (χ2v) is 6.23. The van der Waals surface area contributed by atoms with Gasteiger partial charge in [-0.25, -0.2) is 0 Å². The topological polar surface area (TPSA) is 29.5 Å². The second-order valence-electron chi connectivity index (χ2n) is 5.80. The van der Waals surface area contributed by atoms with Gasteiger partial charge >= 0.3 is 0 Å². The number of nitrogens with zero attached hydrogens (tertiary/aromatic N) is 1. The van der Waals surface area contributed by atoms with Crippen LogP contribution in [-0.4, -0.2) is 36.6 Å². The minimum atomic E-state index is 0.101. The molecule has 0 aromatic heterocycles. The van der Waals surface area contributed by atoms with E-state index in [1.54, 1.807) is 24.3 Å². The first-order valence-electron chi connectivity index (χ1n) is 7.39. The van der Waals surface area contributed by atoms with Gasteiger partial charge in [-0.3, -0.25) is 4.79 Å². The fraction of sp³-hybridized carbons (Fsp3) is 0.562. The molecule has 2 fully saturated rings. The van der Waals surface area contributed by atoms with Gasteiger partial charge in [0, 0.05) is 30.3 Å². The molecule has 20 heavy (non-hydrogen) atoms. The molecule has 3 nitrogen and oxygen atoms in total. The highest BCUT2D eigenvalue weighted by Crippen LogP contribution is 2.30. The number of amides is 1. The van der Waals surface area contributed by atoms with E-state index in [2.05, 4.69) is 0 Å². The summed E-state index contributed by atoms with van der Waals surface area (Å²) in [6.45, 7) is 2.41. The first-order valence-corrected chi connectivity index (χ1v) is 7.76. The molecule has 1 amide bonds. The van der Waals surface area contributed by atoms with Crippen LogP contribution in [-0.2, 0) is 4.74 Å². The zero-order valence-corrected chi connectivity index (χ0v) is 12.3. The van der Waals surface area contributed by atoms with Gasteiger partial charge in [0.2, 0.25) is 0 Å². The lowest BCUT2D eigenvalue weighted by molar-refractivity contribution is 0.0515. The van der Waals surface area contributed by atoms with Crippen LogP contribution >= 0.6 is 11.6 Å². The number of ether oxygens (including phenoxy) is 1. The number of rotatable bonds is 5. The minimum absolute atomic E-state index is 0.101. The number of hydrogen-bond acceptors (Lipinski definition) is 2. The smallest absolute Gasteiger partial charge is 0.253 e. The lowest BCUT2D eigenvalue weighted by atomic mass is 10.1. The maximum atomic E-state index is 12.6. The molecule has 0 N–H and O–H groups in total. The van der Waals surface area contributed by atoms with Crippen LogP contribution in [0, 0.1) is 5.92 Å². The van der Waals surface area contributed by atoms with Crippen molar-refractivity contribution >= 4 is 17.5 Å². The predicted octanol–water partition coefficient (Wildman–Crippen LogP) is 3.37. The lowest BCUT2D eigenvalue weighted by Crippen LogP contribution is -2.38. The third-order valence-corrected chi connectivity index (χ3v) is 4.25. The lowest BCUT2D eigenvalue weighted by Gasteiger charge is -2.25. The van der Waals surface area contributed by atoms with E-state index in [1.165, 1.54) is 12.8 Å². The summed E-state index contributed by atoms with van der Waals surface area (Å²) in [6, 6.07) is 7.16. The molecule has 4 heteroatoms. The van der Waals surface area contributed by atoms with Crippen molar-refractivity contribution in [1.82, 2.24) is 4.90 Å². The van der Waals surface area contributed by atoms with Gasteiger partial charge in [-0.2, -0.15) is 0 Å². The molecule has 2 aliphatic rings. The Bertz CT molecular complexity index is 464. The van der Waals surface area contributed by atoms with Crippen molar-refractivity contribution in [1.29, 1.82) is 0 Å². The van der Waals surface area contributed by atoms with E-state index < -0.39 is 0 Å². The molecule has 1 unspecified atom stereocenters. The maximum absolute atomic E-state index is 12.6. The molecule has 1 saturated heterocycles. The van der Waals surface area contributed by atoms with Crippen LogP contribution in [0.25, 0.3) is 0 Å². The van der Waals surface area contributed by atoms with Crippen LogP contribution in [0.4, 0.5) is 0 Å². The van der Waals surface area contributed by atoms with Gasteiger partial charge in [0.15, 0.2) is 0 Å². The number of carbonyl (C=O) groups is 1. The van der Waals surface area contributed by atoms with Gasteiger partial charge in [0.05, 0.1) is 6.10 Å². The van der Waals surface area contributed by atoms with Crippen molar-refractivity contribution in [3.05, 3.63) is 34.9 Å². The average Bonchev–Trinajstić information content (AvgIpc) is 3.12. The van der Waals surface area contributed by atoms with Gasteiger partial charge in [0.25, 0.3) is 5.91 Å². The Morgan fingerprint density at radius 3 is 2.55 bits per heavy atom. The second kappa shape index (κ2) is 6.15. The monoisotopic (exact) mass is 293 g/mol. The van der Waals surface area contributed by atoms with Crippen molar-refractivity contribution in [3.8, 4) is 0 Å². The van der Waals surface area contributed by atoms with Gasteiger partial charge in [-0.05, 0) is 55.9 Å². The summed E-state index contributed by atoms with van der Waals surface area (Å²) in [5, 5.41) is 0.661. The highest BCUT2D eigenvalue weighted by atomic mass is 35.5. The molecule has 0 bridgehead atoms. The highest BCUT2D eigenvalue weighted by molar-refractivity contribution is 6.30. The van der Waals surface area contributed by atoms with E-state index in [9.17, 15) is 4.79 Å². The molecule has 1 atom stereocenters. The highest BCUT2D eigenvalue weighted by Gasteiger charge is 2.29. The SMILES string of the molecule is O=C(c1ccc(Cl)cc1)N(CC1CC1)CC1CCCO1. The third-order valence-electron chi connectivity index (χ3n) is 4.00. The first kappa shape index (κ1) is 13.9. The summed E-state index contributed by atoms with van der Waals surface area (Å²) < 4.78 is 5.68. The fourth-order valence-corrected chi connectivity index (χ4v) is 2.79. The maximum Gasteiger partial charge on any atom is 0.253 e. The molecule has 108 valence electrons. The molecule has 1 saturated carbocycles. The standard InChI is InChI=1S/C16H20ClNO2/c17-14-7-5-13(6-8-14)16(19)18(10-12-3-4-12)11-15-2-1-9-20-15/h5-8,12,15H,1-4,9-11H2.